The predicted octanol–water partition coefficient (Wildman–Crippen LogP) is 3.20. The third-order valence-corrected chi connectivity index (χ3v) is 4.99. The third-order valence-electron chi connectivity index (χ3n) is 3.60. The molecular weight excluding hydrogens is 310 g/mol. The van der Waals surface area contributed by atoms with Crippen LogP contribution in [0.15, 0.2) is 53.4 Å². The minimum atomic E-state index is -1.27. The average Bonchev–Trinajstić information content (AvgIpc) is 2.60. The Morgan fingerprint density at radius 1 is 1.26 bits per heavy atom. The van der Waals surface area contributed by atoms with Crippen molar-refractivity contribution in [2.75, 3.05) is 12.8 Å². The molecule has 0 radical (unpaired) electrons. The highest BCUT2D eigenvalue weighted by atomic mass is 32.2. The van der Waals surface area contributed by atoms with E-state index in [0.29, 0.717) is 5.69 Å². The number of methoxy groups -OCH3 is 1. The summed E-state index contributed by atoms with van der Waals surface area (Å²) >= 11 is 1.37. The van der Waals surface area contributed by atoms with Crippen molar-refractivity contribution < 1.29 is 14.6 Å². The molecule has 5 heteroatoms. The number of nitrogens with two attached hydrogens (primary N) is 1. The minimum Gasteiger partial charge on any atom is -0.467 e. The summed E-state index contributed by atoms with van der Waals surface area (Å²) in [7, 11) is 1.27. The highest BCUT2D eigenvalue weighted by molar-refractivity contribution is 7.99. The van der Waals surface area contributed by atoms with Gasteiger partial charge in [0.05, 0.1) is 12.4 Å². The molecule has 0 heterocycles. The van der Waals surface area contributed by atoms with Crippen LogP contribution in [0, 0.1) is 0 Å². The van der Waals surface area contributed by atoms with Gasteiger partial charge in [0.2, 0.25) is 0 Å². The zero-order valence-electron chi connectivity index (χ0n) is 13.2. The quantitative estimate of drug-likeness (QED) is 0.483. The van der Waals surface area contributed by atoms with Gasteiger partial charge in [0.1, 0.15) is 0 Å². The molecule has 0 saturated carbocycles. The van der Waals surface area contributed by atoms with Crippen LogP contribution in [0.5, 0.6) is 0 Å². The van der Waals surface area contributed by atoms with Crippen LogP contribution in [0.3, 0.4) is 0 Å². The van der Waals surface area contributed by atoms with E-state index in [-0.39, 0.29) is 0 Å². The Morgan fingerprint density at radius 3 is 2.57 bits per heavy atom. The number of anilines is 1. The van der Waals surface area contributed by atoms with Gasteiger partial charge in [-0.05, 0) is 29.7 Å². The summed E-state index contributed by atoms with van der Waals surface area (Å²) in [5.74, 6) is -0.656. The largest absolute Gasteiger partial charge is 0.467 e. The summed E-state index contributed by atoms with van der Waals surface area (Å²) in [4.78, 5) is 12.7. The molecule has 122 valence electrons. The summed E-state index contributed by atoms with van der Waals surface area (Å²) in [6, 6.07) is 15.2. The van der Waals surface area contributed by atoms with Crippen molar-refractivity contribution in [1.29, 1.82) is 0 Å². The van der Waals surface area contributed by atoms with Crippen LogP contribution in [0.25, 0.3) is 0 Å². The van der Waals surface area contributed by atoms with Gasteiger partial charge in [-0.1, -0.05) is 43.3 Å². The first-order valence-corrected chi connectivity index (χ1v) is 8.30. The van der Waals surface area contributed by atoms with E-state index < -0.39 is 17.3 Å². The van der Waals surface area contributed by atoms with Gasteiger partial charge in [0.25, 0.3) is 0 Å². The highest BCUT2D eigenvalue weighted by Crippen LogP contribution is 2.41. The fourth-order valence-corrected chi connectivity index (χ4v) is 3.47. The number of hydrogen-bond donors (Lipinski definition) is 2. The topological polar surface area (TPSA) is 72.5 Å². The lowest BCUT2D eigenvalue weighted by atomic mass is 10.1. The van der Waals surface area contributed by atoms with Crippen molar-refractivity contribution in [3.8, 4) is 0 Å². The summed E-state index contributed by atoms with van der Waals surface area (Å²) in [5.41, 5.74) is 8.69. The first-order chi connectivity index (χ1) is 11.1. The maximum atomic E-state index is 11.8. The molecule has 0 spiro atoms. The van der Waals surface area contributed by atoms with Gasteiger partial charge in [0.15, 0.2) is 6.10 Å². The van der Waals surface area contributed by atoms with Crippen LogP contribution in [0.1, 0.15) is 23.3 Å². The molecule has 0 aromatic heterocycles. The van der Waals surface area contributed by atoms with Crippen molar-refractivity contribution in [3.63, 3.8) is 0 Å². The number of ether oxygens (including phenoxy) is 1. The third kappa shape index (κ3) is 4.27. The number of carbonyl (C=O) groups is 1. The molecule has 0 amide bonds. The molecule has 0 saturated heterocycles. The molecular formula is C18H21NO3S. The summed E-state index contributed by atoms with van der Waals surface area (Å²) in [5, 5.41) is 9.89. The monoisotopic (exact) mass is 331 g/mol. The number of thioether (sulfide) groups is 1. The molecule has 2 atom stereocenters. The van der Waals surface area contributed by atoms with E-state index in [1.54, 1.807) is 0 Å². The normalized spacial score (nSPS) is 13.3. The molecule has 0 fully saturated rings. The molecule has 0 bridgehead atoms. The molecule has 2 rings (SSSR count). The van der Waals surface area contributed by atoms with Crippen molar-refractivity contribution in [2.45, 2.75) is 29.6 Å². The fourth-order valence-electron chi connectivity index (χ4n) is 2.24. The number of hydrogen-bond acceptors (Lipinski definition) is 5. The van der Waals surface area contributed by atoms with Crippen molar-refractivity contribution in [1.82, 2.24) is 0 Å². The average molecular weight is 331 g/mol. The van der Waals surface area contributed by atoms with Crippen molar-refractivity contribution in [2.24, 2.45) is 0 Å². The predicted molar refractivity (Wildman–Crippen MR) is 93.3 cm³/mol. The zero-order chi connectivity index (χ0) is 16.8. The molecule has 0 aliphatic carbocycles. The Labute approximate surface area is 140 Å². The molecule has 2 aromatic carbocycles. The minimum absolute atomic E-state index is 0.488. The lowest BCUT2D eigenvalue weighted by Gasteiger charge is -2.22. The number of carbonyl (C=O) groups excluding carboxylic acids is 1. The van der Waals surface area contributed by atoms with E-state index in [4.69, 9.17) is 10.5 Å². The Hall–Kier alpha value is -1.98. The molecule has 3 N–H and O–H groups in total. The van der Waals surface area contributed by atoms with E-state index >= 15 is 0 Å². The molecule has 0 aliphatic rings. The second-order valence-corrected chi connectivity index (χ2v) is 6.33. The Bertz CT molecular complexity index is 661. The smallest absolute Gasteiger partial charge is 0.336 e. The summed E-state index contributed by atoms with van der Waals surface area (Å²) in [6.07, 6.45) is -0.374. The maximum absolute atomic E-state index is 11.8. The van der Waals surface area contributed by atoms with Crippen LogP contribution >= 0.6 is 11.8 Å². The van der Waals surface area contributed by atoms with Crippen molar-refractivity contribution in [3.05, 3.63) is 59.7 Å². The van der Waals surface area contributed by atoms with Crippen LogP contribution in [-0.4, -0.2) is 24.3 Å². The maximum Gasteiger partial charge on any atom is 0.336 e. The van der Waals surface area contributed by atoms with E-state index in [1.807, 2.05) is 48.5 Å². The lowest BCUT2D eigenvalue weighted by molar-refractivity contribution is -0.150. The lowest BCUT2D eigenvalue weighted by Crippen LogP contribution is -2.27. The second-order valence-electron chi connectivity index (χ2n) is 5.14. The van der Waals surface area contributed by atoms with Gasteiger partial charge < -0.3 is 15.6 Å². The van der Waals surface area contributed by atoms with Gasteiger partial charge in [-0.3, -0.25) is 0 Å². The molecule has 0 aliphatic heterocycles. The van der Waals surface area contributed by atoms with Gasteiger partial charge in [-0.25, -0.2) is 4.79 Å². The Balaban J connectivity index is 2.37. The standard InChI is InChI=1S/C18H21NO3S/c1-3-12-9-10-14(19)15(11-12)23-17(16(20)18(21)22-2)13-7-5-4-6-8-13/h4-11,16-17,20H,3,19H2,1-2H3/t16-,17+/m0/s1. The van der Waals surface area contributed by atoms with Crippen LogP contribution < -0.4 is 5.73 Å². The molecule has 2 aromatic rings. The first kappa shape index (κ1) is 17.4. The number of nitrogen functional groups attached to an aromatic ring is 1. The molecule has 4 nitrogen and oxygen atoms in total. The summed E-state index contributed by atoms with van der Waals surface area (Å²) < 4.78 is 4.69. The Kier molecular flexibility index (Phi) is 6.07. The number of benzene rings is 2. The molecule has 0 unspecified atom stereocenters. The molecule has 23 heavy (non-hydrogen) atoms. The first-order valence-electron chi connectivity index (χ1n) is 7.42. The zero-order valence-corrected chi connectivity index (χ0v) is 14.0. The Morgan fingerprint density at radius 2 is 1.96 bits per heavy atom. The summed E-state index contributed by atoms with van der Waals surface area (Å²) in [6.45, 7) is 2.07. The number of rotatable bonds is 6. The number of aryl methyl sites for hydroxylation is 1. The van der Waals surface area contributed by atoms with E-state index in [0.717, 1.165) is 22.4 Å². The van der Waals surface area contributed by atoms with E-state index in [9.17, 15) is 9.90 Å². The second kappa shape index (κ2) is 8.04. The van der Waals surface area contributed by atoms with Crippen molar-refractivity contribution >= 4 is 23.4 Å². The van der Waals surface area contributed by atoms with Crippen LogP contribution in [-0.2, 0) is 16.0 Å². The van der Waals surface area contributed by atoms with Gasteiger partial charge >= 0.3 is 5.97 Å². The SMILES string of the molecule is CCc1ccc(N)c(S[C@H](c2ccccc2)[C@H](O)C(=O)OC)c1. The number of aliphatic hydroxyl groups is 1. The fraction of sp³-hybridized carbons (Fsp3) is 0.278. The van der Waals surface area contributed by atoms with Crippen LogP contribution in [0.4, 0.5) is 5.69 Å². The highest BCUT2D eigenvalue weighted by Gasteiger charge is 2.29. The number of esters is 1. The van der Waals surface area contributed by atoms with Gasteiger partial charge in [-0.2, -0.15) is 0 Å². The number of aliphatic hydroxyl groups excluding tert-OH is 1. The van der Waals surface area contributed by atoms with E-state index in [2.05, 4.69) is 6.92 Å². The van der Waals surface area contributed by atoms with Gasteiger partial charge in [0, 0.05) is 10.6 Å². The van der Waals surface area contributed by atoms with Crippen LogP contribution in [0.2, 0.25) is 0 Å². The van der Waals surface area contributed by atoms with E-state index in [1.165, 1.54) is 18.9 Å². The van der Waals surface area contributed by atoms with Gasteiger partial charge in [-0.15, -0.1) is 11.8 Å².